The Hall–Kier alpha value is -1.41. The molecule has 1 rings (SSSR count). The number of carboxylic acid groups (broad SMARTS) is 1. The maximum atomic E-state index is 12.0. The highest BCUT2D eigenvalue weighted by molar-refractivity contribution is 7.89. The Morgan fingerprint density at radius 2 is 2.11 bits per heavy atom. The summed E-state index contributed by atoms with van der Waals surface area (Å²) in [5.74, 6) is -0.777. The van der Waals surface area contributed by atoms with Gasteiger partial charge in [-0.2, -0.15) is 5.10 Å². The Labute approximate surface area is 112 Å². The van der Waals surface area contributed by atoms with Gasteiger partial charge in [-0.25, -0.2) is 13.1 Å². The Balaban J connectivity index is 2.72. The summed E-state index contributed by atoms with van der Waals surface area (Å²) < 4.78 is 27.5. The molecule has 8 heteroatoms. The first-order valence-electron chi connectivity index (χ1n) is 6.13. The van der Waals surface area contributed by atoms with E-state index in [9.17, 15) is 13.2 Å². The summed E-state index contributed by atoms with van der Waals surface area (Å²) in [6, 6.07) is 0. The minimum Gasteiger partial charge on any atom is -0.480 e. The van der Waals surface area contributed by atoms with E-state index in [1.54, 1.807) is 0 Å². The predicted molar refractivity (Wildman–Crippen MR) is 69.1 cm³/mol. The van der Waals surface area contributed by atoms with E-state index >= 15 is 0 Å². The molecule has 7 nitrogen and oxygen atoms in total. The zero-order chi connectivity index (χ0) is 14.5. The van der Waals surface area contributed by atoms with Crippen LogP contribution in [0.1, 0.15) is 26.7 Å². The number of nitrogens with one attached hydrogen (secondary N) is 1. The van der Waals surface area contributed by atoms with Gasteiger partial charge in [-0.3, -0.25) is 9.48 Å². The van der Waals surface area contributed by atoms with Gasteiger partial charge in [0, 0.05) is 12.7 Å². The van der Waals surface area contributed by atoms with E-state index in [2.05, 4.69) is 9.82 Å². The average molecular weight is 289 g/mol. The highest BCUT2D eigenvalue weighted by Crippen LogP contribution is 2.10. The van der Waals surface area contributed by atoms with Gasteiger partial charge in [-0.15, -0.1) is 0 Å². The molecular formula is C11H19N3O4S. The molecular weight excluding hydrogens is 270 g/mol. The van der Waals surface area contributed by atoms with Crippen molar-refractivity contribution >= 4 is 16.0 Å². The molecule has 2 N–H and O–H groups in total. The molecule has 1 heterocycles. The molecule has 0 fully saturated rings. The summed E-state index contributed by atoms with van der Waals surface area (Å²) in [4.78, 5) is 10.5. The van der Waals surface area contributed by atoms with Gasteiger partial charge in [-0.05, 0) is 5.92 Å². The summed E-state index contributed by atoms with van der Waals surface area (Å²) in [5.41, 5.74) is 0. The molecule has 0 saturated heterocycles. The molecule has 0 aromatic carbocycles. The summed E-state index contributed by atoms with van der Waals surface area (Å²) in [7, 11) is -3.62. The van der Waals surface area contributed by atoms with Gasteiger partial charge in [0.1, 0.15) is 11.4 Å². The topological polar surface area (TPSA) is 101 Å². The molecule has 0 unspecified atom stereocenters. The Morgan fingerprint density at radius 1 is 1.47 bits per heavy atom. The fourth-order valence-electron chi connectivity index (χ4n) is 1.60. The van der Waals surface area contributed by atoms with E-state index in [4.69, 9.17) is 5.11 Å². The zero-order valence-corrected chi connectivity index (χ0v) is 11.9. The summed E-state index contributed by atoms with van der Waals surface area (Å²) in [6.07, 6.45) is 4.16. The van der Waals surface area contributed by atoms with Crippen LogP contribution in [0.5, 0.6) is 0 Å². The van der Waals surface area contributed by atoms with Gasteiger partial charge in [0.05, 0.1) is 6.20 Å². The predicted octanol–water partition coefficient (Wildman–Crippen LogP) is 0.682. The van der Waals surface area contributed by atoms with Crippen LogP contribution in [-0.2, 0) is 21.4 Å². The van der Waals surface area contributed by atoms with Crippen molar-refractivity contribution in [2.45, 2.75) is 38.1 Å². The largest absolute Gasteiger partial charge is 0.480 e. The van der Waals surface area contributed by atoms with Gasteiger partial charge in [-0.1, -0.05) is 26.7 Å². The van der Waals surface area contributed by atoms with Gasteiger partial charge in [0.25, 0.3) is 0 Å². The fraction of sp³-hybridized carbons (Fsp3) is 0.636. The summed E-state index contributed by atoms with van der Waals surface area (Å²) in [6.45, 7) is 4.03. The second-order valence-electron chi connectivity index (χ2n) is 4.30. The number of nitrogens with zero attached hydrogens (tertiary/aromatic N) is 2. The van der Waals surface area contributed by atoms with Crippen LogP contribution < -0.4 is 4.72 Å². The number of hydrogen-bond donors (Lipinski definition) is 2. The first-order chi connectivity index (χ1) is 8.89. The van der Waals surface area contributed by atoms with E-state index in [1.165, 1.54) is 6.20 Å². The van der Waals surface area contributed by atoms with Crippen LogP contribution in [0.3, 0.4) is 0 Å². The van der Waals surface area contributed by atoms with E-state index in [0.717, 1.165) is 23.7 Å². The second kappa shape index (κ2) is 6.67. The van der Waals surface area contributed by atoms with Crippen molar-refractivity contribution in [3.8, 4) is 0 Å². The number of hydrogen-bond acceptors (Lipinski definition) is 4. The minimum atomic E-state index is -3.62. The number of sulfonamides is 1. The van der Waals surface area contributed by atoms with Gasteiger partial charge < -0.3 is 5.11 Å². The van der Waals surface area contributed by atoms with Crippen molar-refractivity contribution in [1.82, 2.24) is 14.5 Å². The number of rotatable bonds is 8. The monoisotopic (exact) mass is 289 g/mol. The third-order valence-corrected chi connectivity index (χ3v) is 4.31. The first kappa shape index (κ1) is 15.6. The third-order valence-electron chi connectivity index (χ3n) is 2.93. The zero-order valence-electron chi connectivity index (χ0n) is 11.0. The molecule has 0 saturated carbocycles. The first-order valence-corrected chi connectivity index (χ1v) is 7.61. The lowest BCUT2D eigenvalue weighted by Gasteiger charge is -2.12. The fourth-order valence-corrected chi connectivity index (χ4v) is 2.66. The van der Waals surface area contributed by atoms with E-state index in [1.807, 2.05) is 13.8 Å². The highest BCUT2D eigenvalue weighted by atomic mass is 32.2. The smallest absolute Gasteiger partial charge is 0.325 e. The molecule has 0 amide bonds. The molecule has 0 aliphatic carbocycles. The van der Waals surface area contributed by atoms with Gasteiger partial charge >= 0.3 is 5.97 Å². The Bertz CT molecular complexity index is 520. The van der Waals surface area contributed by atoms with Crippen LogP contribution >= 0.6 is 0 Å². The number of aromatic nitrogens is 2. The molecule has 1 aromatic rings. The Morgan fingerprint density at radius 3 is 2.63 bits per heavy atom. The van der Waals surface area contributed by atoms with Crippen molar-refractivity contribution < 1.29 is 18.3 Å². The summed E-state index contributed by atoms with van der Waals surface area (Å²) >= 11 is 0. The molecule has 0 atom stereocenters. The minimum absolute atomic E-state index is 0.0142. The van der Waals surface area contributed by atoms with E-state index < -0.39 is 16.0 Å². The summed E-state index contributed by atoms with van der Waals surface area (Å²) in [5, 5.41) is 12.3. The third kappa shape index (κ3) is 4.64. The molecule has 0 bridgehead atoms. The average Bonchev–Trinajstić information content (AvgIpc) is 2.78. The standard InChI is InChI=1S/C11H19N3O4S/c1-3-9(4-2)5-13-19(17,18)10-6-12-14(7-10)8-11(15)16/h6-7,9,13H,3-5,8H2,1-2H3,(H,15,16). The van der Waals surface area contributed by atoms with Gasteiger partial charge in [0.2, 0.25) is 10.0 Å². The van der Waals surface area contributed by atoms with Gasteiger partial charge in [0.15, 0.2) is 0 Å². The van der Waals surface area contributed by atoms with Crippen LogP contribution in [0.4, 0.5) is 0 Å². The van der Waals surface area contributed by atoms with Crippen LogP contribution in [0.2, 0.25) is 0 Å². The van der Waals surface area contributed by atoms with E-state index in [-0.39, 0.29) is 11.4 Å². The maximum absolute atomic E-state index is 12.0. The van der Waals surface area contributed by atoms with Crippen molar-refractivity contribution in [3.05, 3.63) is 12.4 Å². The molecule has 0 aliphatic rings. The normalized spacial score (nSPS) is 11.9. The van der Waals surface area contributed by atoms with Crippen LogP contribution in [-0.4, -0.2) is 35.8 Å². The number of carboxylic acids is 1. The number of aliphatic carboxylic acids is 1. The molecule has 0 radical (unpaired) electrons. The molecule has 1 aromatic heterocycles. The Kier molecular flexibility index (Phi) is 5.49. The molecule has 19 heavy (non-hydrogen) atoms. The quantitative estimate of drug-likeness (QED) is 0.733. The van der Waals surface area contributed by atoms with Crippen molar-refractivity contribution in [2.75, 3.05) is 6.54 Å². The van der Waals surface area contributed by atoms with Crippen LogP contribution in [0, 0.1) is 5.92 Å². The highest BCUT2D eigenvalue weighted by Gasteiger charge is 2.18. The lowest BCUT2D eigenvalue weighted by molar-refractivity contribution is -0.137. The SMILES string of the molecule is CCC(CC)CNS(=O)(=O)c1cnn(CC(=O)O)c1. The second-order valence-corrected chi connectivity index (χ2v) is 6.07. The molecule has 0 aliphatic heterocycles. The van der Waals surface area contributed by atoms with Crippen molar-refractivity contribution in [2.24, 2.45) is 5.92 Å². The van der Waals surface area contributed by atoms with E-state index in [0.29, 0.717) is 12.5 Å². The maximum Gasteiger partial charge on any atom is 0.325 e. The lowest BCUT2D eigenvalue weighted by Crippen LogP contribution is -2.28. The van der Waals surface area contributed by atoms with Crippen molar-refractivity contribution in [1.29, 1.82) is 0 Å². The number of carbonyl (C=O) groups is 1. The van der Waals surface area contributed by atoms with Crippen LogP contribution in [0.25, 0.3) is 0 Å². The van der Waals surface area contributed by atoms with Crippen molar-refractivity contribution in [3.63, 3.8) is 0 Å². The lowest BCUT2D eigenvalue weighted by atomic mass is 10.0. The molecule has 108 valence electrons. The molecule has 0 spiro atoms. The van der Waals surface area contributed by atoms with Crippen LogP contribution in [0.15, 0.2) is 17.3 Å².